The predicted molar refractivity (Wildman–Crippen MR) is 137 cm³/mol. The quantitative estimate of drug-likeness (QED) is 0.121. The van der Waals surface area contributed by atoms with Crippen LogP contribution in [0.5, 0.6) is 11.5 Å². The van der Waals surface area contributed by atoms with E-state index in [9.17, 15) is 13.2 Å². The second kappa shape index (κ2) is 11.9. The van der Waals surface area contributed by atoms with Gasteiger partial charge in [-0.2, -0.15) is 13.2 Å². The van der Waals surface area contributed by atoms with Crippen molar-refractivity contribution < 1.29 is 45.6 Å². The van der Waals surface area contributed by atoms with Crippen LogP contribution in [0.25, 0.3) is 17.2 Å². The Morgan fingerprint density at radius 2 is 1.72 bits per heavy atom. The molecule has 1 atom stereocenters. The maximum Gasteiger partial charge on any atom is 0.446 e. The smallest absolute Gasteiger partial charge is 0.446 e. The van der Waals surface area contributed by atoms with Gasteiger partial charge in [0.05, 0.1) is 18.6 Å². The van der Waals surface area contributed by atoms with E-state index in [2.05, 4.69) is 0 Å². The van der Waals surface area contributed by atoms with Crippen molar-refractivity contribution in [3.05, 3.63) is 81.9 Å². The van der Waals surface area contributed by atoms with Gasteiger partial charge in [0.15, 0.2) is 23.1 Å². The third kappa shape index (κ3) is 5.47. The number of allylic oxidation sites excluding steroid dienone is 1. The summed E-state index contributed by atoms with van der Waals surface area (Å²) in [4.78, 5) is -0.805. The maximum atomic E-state index is 15.7. The van der Waals surface area contributed by atoms with Gasteiger partial charge in [-0.1, -0.05) is 42.5 Å². The number of alkyl halides is 3. The summed E-state index contributed by atoms with van der Waals surface area (Å²) in [7, 11) is 1.41. The van der Waals surface area contributed by atoms with E-state index in [0.29, 0.717) is 17.7 Å². The van der Waals surface area contributed by atoms with Gasteiger partial charge in [-0.05, 0) is 53.4 Å². The molecule has 0 heterocycles. The number of ether oxygens (including phenoxy) is 3. The molecule has 3 aromatic carbocycles. The normalized spacial score (nSPS) is 14.7. The summed E-state index contributed by atoms with van der Waals surface area (Å²) in [6.07, 6.45) is 3.69. The molecule has 3 aromatic rings. The second-order valence-electron chi connectivity index (χ2n) is 8.59. The Hall–Kier alpha value is -3.18. The molecule has 3 nitrogen and oxygen atoms in total. The van der Waals surface area contributed by atoms with Crippen molar-refractivity contribution in [2.24, 2.45) is 0 Å². The number of hydrogen-bond donors (Lipinski definition) is 0. The molecule has 2 aliphatic carbocycles. The number of thioether (sulfide) groups is 1. The molecular formula is C28H25F7O3S. The first-order valence-corrected chi connectivity index (χ1v) is 12.5. The lowest BCUT2D eigenvalue weighted by atomic mass is 9.87. The first-order chi connectivity index (χ1) is 17.7. The van der Waals surface area contributed by atoms with Crippen LogP contribution in [0.4, 0.5) is 31.4 Å². The molecule has 0 spiro atoms. The average molecular weight is 575 g/mol. The Balaban J connectivity index is 0.00000210. The third-order valence-corrected chi connectivity index (χ3v) is 7.35. The number of benzene rings is 3. The first kappa shape index (κ1) is 30.4. The second-order valence-corrected chi connectivity index (χ2v) is 9.67. The van der Waals surface area contributed by atoms with E-state index in [1.165, 1.54) is 7.11 Å². The molecule has 0 saturated heterocycles. The Morgan fingerprint density at radius 3 is 2.41 bits per heavy atom. The molecule has 0 radical (unpaired) electrons. The number of halogens is 7. The Morgan fingerprint density at radius 1 is 0.974 bits per heavy atom. The van der Waals surface area contributed by atoms with Crippen LogP contribution in [-0.4, -0.2) is 32.4 Å². The molecule has 0 bridgehead atoms. The van der Waals surface area contributed by atoms with Crippen LogP contribution in [0.1, 0.15) is 40.7 Å². The summed E-state index contributed by atoms with van der Waals surface area (Å²) in [5.41, 5.74) is -1.98. The predicted octanol–water partition coefficient (Wildman–Crippen LogP) is 8.04. The van der Waals surface area contributed by atoms with E-state index >= 15 is 8.78 Å². The lowest BCUT2D eigenvalue weighted by Crippen LogP contribution is -2.11. The lowest BCUT2D eigenvalue weighted by Gasteiger charge is -2.22. The highest BCUT2D eigenvalue weighted by Crippen LogP contribution is 2.56. The van der Waals surface area contributed by atoms with Gasteiger partial charge in [0.1, 0.15) is 6.61 Å². The van der Waals surface area contributed by atoms with E-state index in [-0.39, 0.29) is 57.2 Å². The highest BCUT2D eigenvalue weighted by atomic mass is 32.2. The topological polar surface area (TPSA) is 27.7 Å². The van der Waals surface area contributed by atoms with Crippen molar-refractivity contribution in [1.82, 2.24) is 0 Å². The summed E-state index contributed by atoms with van der Waals surface area (Å²) >= 11 is -0.653. The monoisotopic (exact) mass is 574 g/mol. The standard InChI is InChI=1S/C28H23F5O3S.2FH/c1-3-35-12-13-36-26-20(34-2)11-9-16-14-19-22(18-10-8-15-6-4-5-7-17(15)18)24(29)25(30)27(23(19)21(16)26)37-28(31,32)33;;/h4-11,18H,3,12-14H2,1-2H3;2*1H. The number of fused-ring (bicyclic) bond motifs is 4. The van der Waals surface area contributed by atoms with Crippen LogP contribution < -0.4 is 9.47 Å². The van der Waals surface area contributed by atoms with Crippen molar-refractivity contribution in [2.75, 3.05) is 26.9 Å². The van der Waals surface area contributed by atoms with E-state index in [1.54, 1.807) is 24.3 Å². The zero-order valence-corrected chi connectivity index (χ0v) is 21.7. The fourth-order valence-corrected chi connectivity index (χ4v) is 5.82. The lowest BCUT2D eigenvalue weighted by molar-refractivity contribution is -0.0329. The van der Waals surface area contributed by atoms with Gasteiger partial charge in [-0.15, -0.1) is 0 Å². The summed E-state index contributed by atoms with van der Waals surface area (Å²) in [6, 6.07) is 10.7. The van der Waals surface area contributed by atoms with E-state index < -0.39 is 39.7 Å². The molecule has 0 amide bonds. The van der Waals surface area contributed by atoms with Crippen molar-refractivity contribution >= 4 is 17.8 Å². The minimum atomic E-state index is -4.83. The van der Waals surface area contributed by atoms with E-state index in [4.69, 9.17) is 14.2 Å². The molecule has 210 valence electrons. The van der Waals surface area contributed by atoms with Gasteiger partial charge >= 0.3 is 5.51 Å². The van der Waals surface area contributed by atoms with Gasteiger partial charge in [-0.25, -0.2) is 8.78 Å². The summed E-state index contributed by atoms with van der Waals surface area (Å²) in [6.45, 7) is 2.64. The third-order valence-electron chi connectivity index (χ3n) is 6.53. The van der Waals surface area contributed by atoms with Crippen LogP contribution in [-0.2, 0) is 11.2 Å². The van der Waals surface area contributed by atoms with Gasteiger partial charge in [0.2, 0.25) is 0 Å². The summed E-state index contributed by atoms with van der Waals surface area (Å²) in [5, 5.41) is 0. The SMILES string of the molecule is CCOCCOc1c(OC)ccc2c1-c1c(c(C3C=Cc4ccccc43)c(F)c(F)c1SC(F)(F)F)C2.F.F. The minimum absolute atomic E-state index is 0. The molecule has 11 heteroatoms. The molecular weight excluding hydrogens is 549 g/mol. The fourth-order valence-electron chi connectivity index (χ4n) is 5.08. The zero-order chi connectivity index (χ0) is 26.3. The van der Waals surface area contributed by atoms with Crippen molar-refractivity contribution in [2.45, 2.75) is 29.7 Å². The fraction of sp³-hybridized carbons (Fsp3) is 0.286. The molecule has 0 fully saturated rings. The largest absolute Gasteiger partial charge is 0.493 e. The van der Waals surface area contributed by atoms with Gasteiger partial charge < -0.3 is 14.2 Å². The minimum Gasteiger partial charge on any atom is -0.493 e. The van der Waals surface area contributed by atoms with Crippen molar-refractivity contribution in [3.8, 4) is 22.6 Å². The Labute approximate surface area is 224 Å². The molecule has 1 unspecified atom stereocenters. The van der Waals surface area contributed by atoms with Crippen LogP contribution in [0.15, 0.2) is 47.4 Å². The first-order valence-electron chi connectivity index (χ1n) is 11.7. The summed E-state index contributed by atoms with van der Waals surface area (Å²) < 4.78 is 88.9. The molecule has 2 aliphatic rings. The highest BCUT2D eigenvalue weighted by molar-refractivity contribution is 8.00. The van der Waals surface area contributed by atoms with Gasteiger partial charge in [-0.3, -0.25) is 9.41 Å². The van der Waals surface area contributed by atoms with Crippen LogP contribution in [0.3, 0.4) is 0 Å². The Bertz CT molecular complexity index is 1390. The number of methoxy groups -OCH3 is 1. The van der Waals surface area contributed by atoms with Crippen LogP contribution in [0, 0.1) is 11.6 Å². The zero-order valence-electron chi connectivity index (χ0n) is 20.9. The summed E-state index contributed by atoms with van der Waals surface area (Å²) in [5.74, 6) is -2.96. The maximum absolute atomic E-state index is 15.7. The van der Waals surface area contributed by atoms with Gasteiger partial charge in [0, 0.05) is 29.2 Å². The number of hydrogen-bond acceptors (Lipinski definition) is 4. The van der Waals surface area contributed by atoms with Crippen LogP contribution in [0.2, 0.25) is 0 Å². The highest BCUT2D eigenvalue weighted by Gasteiger charge is 2.41. The Kier molecular flexibility index (Phi) is 9.27. The molecule has 5 rings (SSSR count). The molecule has 0 aromatic heterocycles. The van der Waals surface area contributed by atoms with E-state index in [0.717, 1.165) is 11.1 Å². The number of rotatable bonds is 8. The molecule has 0 N–H and O–H groups in total. The molecule has 39 heavy (non-hydrogen) atoms. The van der Waals surface area contributed by atoms with Crippen LogP contribution >= 0.6 is 11.8 Å². The van der Waals surface area contributed by atoms with Gasteiger partial charge in [0.25, 0.3) is 0 Å². The van der Waals surface area contributed by atoms with Crippen molar-refractivity contribution in [1.29, 1.82) is 0 Å². The average Bonchev–Trinajstić information content (AvgIpc) is 3.46. The van der Waals surface area contributed by atoms with Crippen molar-refractivity contribution in [3.63, 3.8) is 0 Å². The molecule has 0 saturated carbocycles. The molecule has 0 aliphatic heterocycles. The van der Waals surface area contributed by atoms with E-state index in [1.807, 2.05) is 31.2 Å².